The lowest BCUT2D eigenvalue weighted by molar-refractivity contribution is -0.151. The Morgan fingerprint density at radius 2 is 1.89 bits per heavy atom. The van der Waals surface area contributed by atoms with Crippen molar-refractivity contribution in [2.75, 3.05) is 6.61 Å². The van der Waals surface area contributed by atoms with Gasteiger partial charge in [-0.05, 0) is 56.2 Å². The molecule has 0 radical (unpaired) electrons. The van der Waals surface area contributed by atoms with Gasteiger partial charge in [0.05, 0.1) is 10.9 Å². The highest BCUT2D eigenvalue weighted by molar-refractivity contribution is 6.30. The number of aromatic amines is 1. The lowest BCUT2D eigenvalue weighted by Gasteiger charge is -2.15. The molecule has 1 N–H and O–H groups in total. The van der Waals surface area contributed by atoms with Gasteiger partial charge in [-0.1, -0.05) is 23.7 Å². The van der Waals surface area contributed by atoms with E-state index in [2.05, 4.69) is 9.97 Å². The van der Waals surface area contributed by atoms with Gasteiger partial charge >= 0.3 is 5.97 Å². The van der Waals surface area contributed by atoms with E-state index in [-0.39, 0.29) is 18.0 Å². The zero-order valence-electron chi connectivity index (χ0n) is 15.2. The molecule has 1 aromatic heterocycles. The Morgan fingerprint density at radius 3 is 2.59 bits per heavy atom. The van der Waals surface area contributed by atoms with Gasteiger partial charge in [0.25, 0.3) is 5.56 Å². The number of rotatable bonds is 5. The number of nitrogens with zero attached hydrogens (tertiary/aromatic N) is 1. The van der Waals surface area contributed by atoms with Crippen molar-refractivity contribution in [3.05, 3.63) is 68.7 Å². The van der Waals surface area contributed by atoms with E-state index in [1.807, 2.05) is 13.8 Å². The van der Waals surface area contributed by atoms with Crippen LogP contribution in [-0.2, 0) is 9.53 Å². The lowest BCUT2D eigenvalue weighted by Crippen LogP contribution is -2.21. The first-order valence-corrected chi connectivity index (χ1v) is 8.81. The molecule has 2 aromatic carbocycles. The maximum Gasteiger partial charge on any atom is 0.344 e. The SMILES string of the molecule is Cc1cc(Cl)cc(C)c1OCC(=O)O[C@H](C)c1nc2ccccc2c(=O)[nH]1. The maximum atomic E-state index is 12.1. The van der Waals surface area contributed by atoms with Crippen molar-refractivity contribution in [1.82, 2.24) is 9.97 Å². The highest BCUT2D eigenvalue weighted by atomic mass is 35.5. The Bertz CT molecular complexity index is 1040. The van der Waals surface area contributed by atoms with Crippen LogP contribution in [0, 0.1) is 13.8 Å². The van der Waals surface area contributed by atoms with Crippen LogP contribution in [0.4, 0.5) is 0 Å². The second kappa shape index (κ2) is 7.80. The van der Waals surface area contributed by atoms with Crippen LogP contribution in [0.3, 0.4) is 0 Å². The second-order valence-corrected chi connectivity index (χ2v) is 6.69. The molecule has 0 aliphatic carbocycles. The predicted molar refractivity (Wildman–Crippen MR) is 103 cm³/mol. The van der Waals surface area contributed by atoms with Crippen molar-refractivity contribution >= 4 is 28.5 Å². The fourth-order valence-electron chi connectivity index (χ4n) is 2.84. The number of H-pyrrole nitrogens is 1. The van der Waals surface area contributed by atoms with Crippen LogP contribution in [0.15, 0.2) is 41.2 Å². The van der Waals surface area contributed by atoms with Gasteiger partial charge in [-0.3, -0.25) is 4.79 Å². The number of para-hydroxylation sites is 1. The summed E-state index contributed by atoms with van der Waals surface area (Å²) in [6, 6.07) is 10.5. The molecule has 3 aromatic rings. The Balaban J connectivity index is 1.69. The molecule has 0 fully saturated rings. The molecular weight excluding hydrogens is 368 g/mol. The number of halogens is 1. The molecule has 0 spiro atoms. The molecule has 0 unspecified atom stereocenters. The minimum Gasteiger partial charge on any atom is -0.481 e. The summed E-state index contributed by atoms with van der Waals surface area (Å²) in [4.78, 5) is 31.3. The summed E-state index contributed by atoms with van der Waals surface area (Å²) >= 11 is 5.99. The van der Waals surface area contributed by atoms with Crippen molar-refractivity contribution in [3.63, 3.8) is 0 Å². The molecule has 0 aliphatic rings. The Morgan fingerprint density at radius 1 is 1.22 bits per heavy atom. The van der Waals surface area contributed by atoms with Crippen LogP contribution in [0.1, 0.15) is 30.0 Å². The third-order valence-corrected chi connectivity index (χ3v) is 4.30. The summed E-state index contributed by atoms with van der Waals surface area (Å²) in [5.74, 6) is 0.319. The molecule has 1 atom stereocenters. The zero-order valence-corrected chi connectivity index (χ0v) is 16.0. The molecule has 27 heavy (non-hydrogen) atoms. The summed E-state index contributed by atoms with van der Waals surface area (Å²) in [6.45, 7) is 5.09. The fourth-order valence-corrected chi connectivity index (χ4v) is 3.17. The third kappa shape index (κ3) is 4.28. The Hall–Kier alpha value is -2.86. The molecule has 0 aliphatic heterocycles. The molecule has 3 rings (SSSR count). The summed E-state index contributed by atoms with van der Waals surface area (Å²) < 4.78 is 10.9. The fraction of sp³-hybridized carbons (Fsp3) is 0.250. The number of fused-ring (bicyclic) bond motifs is 1. The van der Waals surface area contributed by atoms with Crippen molar-refractivity contribution in [1.29, 1.82) is 0 Å². The van der Waals surface area contributed by atoms with Crippen molar-refractivity contribution in [2.24, 2.45) is 0 Å². The van der Waals surface area contributed by atoms with E-state index < -0.39 is 12.1 Å². The van der Waals surface area contributed by atoms with Crippen LogP contribution in [0.25, 0.3) is 10.9 Å². The van der Waals surface area contributed by atoms with Gasteiger partial charge in [-0.15, -0.1) is 0 Å². The first kappa shape index (κ1) is 18.9. The molecule has 1 heterocycles. The normalized spacial score (nSPS) is 12.0. The van der Waals surface area contributed by atoms with E-state index in [9.17, 15) is 9.59 Å². The molecule has 0 amide bonds. The van der Waals surface area contributed by atoms with E-state index >= 15 is 0 Å². The van der Waals surface area contributed by atoms with Crippen LogP contribution in [0.5, 0.6) is 5.75 Å². The number of aromatic nitrogens is 2. The standard InChI is InChI=1S/C20H19ClN2O4/c1-11-8-14(21)9-12(2)18(11)26-10-17(24)27-13(3)19-22-16-7-5-4-6-15(16)20(25)23-19/h4-9,13H,10H2,1-3H3,(H,22,23,25)/t13-/m1/s1. The number of hydrogen-bond acceptors (Lipinski definition) is 5. The van der Waals surface area contributed by atoms with Gasteiger partial charge in [-0.2, -0.15) is 0 Å². The molecule has 7 heteroatoms. The summed E-state index contributed by atoms with van der Waals surface area (Å²) in [7, 11) is 0. The van der Waals surface area contributed by atoms with E-state index in [1.54, 1.807) is 43.3 Å². The zero-order chi connectivity index (χ0) is 19.6. The minimum atomic E-state index is -0.717. The van der Waals surface area contributed by atoms with Gasteiger partial charge < -0.3 is 14.5 Å². The largest absolute Gasteiger partial charge is 0.481 e. The van der Waals surface area contributed by atoms with Gasteiger partial charge in [-0.25, -0.2) is 9.78 Å². The summed E-state index contributed by atoms with van der Waals surface area (Å²) in [6.07, 6.45) is -0.717. The van der Waals surface area contributed by atoms with E-state index in [1.165, 1.54) is 0 Å². The van der Waals surface area contributed by atoms with Gasteiger partial charge in [0.15, 0.2) is 18.5 Å². The Kier molecular flexibility index (Phi) is 5.46. The maximum absolute atomic E-state index is 12.1. The van der Waals surface area contributed by atoms with Gasteiger partial charge in [0, 0.05) is 5.02 Å². The summed E-state index contributed by atoms with van der Waals surface area (Å²) in [5, 5.41) is 1.09. The average molecular weight is 387 g/mol. The van der Waals surface area contributed by atoms with Crippen LogP contribution in [-0.4, -0.2) is 22.5 Å². The molecule has 140 valence electrons. The smallest absolute Gasteiger partial charge is 0.344 e. The first-order valence-electron chi connectivity index (χ1n) is 8.43. The molecular formula is C20H19ClN2O4. The summed E-state index contributed by atoms with van der Waals surface area (Å²) in [5.41, 5.74) is 1.94. The van der Waals surface area contributed by atoms with Crippen molar-refractivity contribution < 1.29 is 14.3 Å². The quantitative estimate of drug-likeness (QED) is 0.673. The lowest BCUT2D eigenvalue weighted by atomic mass is 10.1. The topological polar surface area (TPSA) is 81.3 Å². The van der Waals surface area contributed by atoms with E-state index in [4.69, 9.17) is 21.1 Å². The third-order valence-electron chi connectivity index (χ3n) is 4.08. The minimum absolute atomic E-state index is 0.258. The second-order valence-electron chi connectivity index (χ2n) is 6.26. The number of esters is 1. The highest BCUT2D eigenvalue weighted by Crippen LogP contribution is 2.27. The number of carbonyl (C=O) groups excluding carboxylic acids is 1. The molecule has 0 saturated carbocycles. The number of aryl methyl sites for hydroxylation is 2. The number of ether oxygens (including phenoxy) is 2. The van der Waals surface area contributed by atoms with Crippen LogP contribution < -0.4 is 10.3 Å². The first-order chi connectivity index (χ1) is 12.8. The van der Waals surface area contributed by atoms with E-state index in [0.717, 1.165) is 11.1 Å². The molecule has 6 nitrogen and oxygen atoms in total. The highest BCUT2D eigenvalue weighted by Gasteiger charge is 2.17. The number of carbonyl (C=O) groups is 1. The monoisotopic (exact) mass is 386 g/mol. The van der Waals surface area contributed by atoms with E-state index in [0.29, 0.717) is 21.7 Å². The van der Waals surface area contributed by atoms with Crippen LogP contribution >= 0.6 is 11.6 Å². The number of benzene rings is 2. The number of nitrogens with one attached hydrogen (secondary N) is 1. The number of hydrogen-bond donors (Lipinski definition) is 1. The van der Waals surface area contributed by atoms with Crippen LogP contribution in [0.2, 0.25) is 5.02 Å². The Labute approximate surface area is 161 Å². The van der Waals surface area contributed by atoms with Gasteiger partial charge in [0.1, 0.15) is 5.75 Å². The molecule has 0 bridgehead atoms. The van der Waals surface area contributed by atoms with Crippen molar-refractivity contribution in [3.8, 4) is 5.75 Å². The van der Waals surface area contributed by atoms with Crippen molar-refractivity contribution in [2.45, 2.75) is 26.9 Å². The predicted octanol–water partition coefficient (Wildman–Crippen LogP) is 3.88. The average Bonchev–Trinajstić information content (AvgIpc) is 2.60. The van der Waals surface area contributed by atoms with Gasteiger partial charge in [0.2, 0.25) is 0 Å². The molecule has 0 saturated heterocycles.